The maximum atomic E-state index is 14.2. The number of nitrogens with one attached hydrogen (secondary N) is 2. The summed E-state index contributed by atoms with van der Waals surface area (Å²) in [5, 5.41) is 6.49. The second-order valence-corrected chi connectivity index (χ2v) is 19.2. The Morgan fingerprint density at radius 3 is 1.48 bits per heavy atom. The highest BCUT2D eigenvalue weighted by Gasteiger charge is 2.34. The van der Waals surface area contributed by atoms with Crippen LogP contribution in [0.2, 0.25) is 0 Å². The SMILES string of the molecule is C=CCOC(=O)CCCCCCCCCOC(C)O[C@@H](C[C@H](Cc1ccccc1)NC(=O)OCC1c2ccccc2-c2ccccc21)[C@H](Cc1ccccc1)NC(=O)OCC1c2ccccc2-c2ccccc21. The average molecular weight is 983 g/mol. The van der Waals surface area contributed by atoms with Gasteiger partial charge < -0.3 is 34.3 Å². The zero-order chi connectivity index (χ0) is 50.6. The van der Waals surface area contributed by atoms with Gasteiger partial charge in [0.05, 0.1) is 12.1 Å². The molecule has 10 nitrogen and oxygen atoms in total. The molecule has 10 heteroatoms. The molecule has 2 N–H and O–H groups in total. The summed E-state index contributed by atoms with van der Waals surface area (Å²) in [6.45, 7) is 6.58. The number of esters is 1. The van der Waals surface area contributed by atoms with Gasteiger partial charge in [-0.3, -0.25) is 4.79 Å². The summed E-state index contributed by atoms with van der Waals surface area (Å²) in [6, 6.07) is 52.2. The van der Waals surface area contributed by atoms with E-state index in [2.05, 4.69) is 65.7 Å². The third-order valence-electron chi connectivity index (χ3n) is 14.0. The van der Waals surface area contributed by atoms with Gasteiger partial charge in [-0.2, -0.15) is 0 Å². The van der Waals surface area contributed by atoms with Crippen LogP contribution in [0, 0.1) is 0 Å². The summed E-state index contributed by atoms with van der Waals surface area (Å²) in [5.74, 6) is -0.379. The van der Waals surface area contributed by atoms with Crippen LogP contribution in [0.3, 0.4) is 0 Å². The van der Waals surface area contributed by atoms with Crippen LogP contribution >= 0.6 is 0 Å². The van der Waals surface area contributed by atoms with Gasteiger partial charge in [0, 0.05) is 30.9 Å². The molecule has 6 aromatic rings. The first-order chi connectivity index (χ1) is 35.8. The highest BCUT2D eigenvalue weighted by atomic mass is 16.7. The second kappa shape index (κ2) is 27.2. The molecule has 4 atom stereocenters. The number of benzene rings is 6. The number of unbranched alkanes of at least 4 members (excludes halogenated alkanes) is 6. The van der Waals surface area contributed by atoms with Crippen LogP contribution in [-0.4, -0.2) is 69.1 Å². The van der Waals surface area contributed by atoms with Crippen molar-refractivity contribution in [2.75, 3.05) is 26.4 Å². The quantitative estimate of drug-likeness (QED) is 0.0164. The van der Waals surface area contributed by atoms with Gasteiger partial charge in [0.2, 0.25) is 0 Å². The summed E-state index contributed by atoms with van der Waals surface area (Å²) >= 11 is 0. The summed E-state index contributed by atoms with van der Waals surface area (Å²) in [7, 11) is 0. The Bertz CT molecular complexity index is 2620. The lowest BCUT2D eigenvalue weighted by atomic mass is 9.93. The molecule has 0 saturated carbocycles. The van der Waals surface area contributed by atoms with E-state index in [1.807, 2.05) is 116 Å². The van der Waals surface area contributed by atoms with E-state index in [0.29, 0.717) is 32.3 Å². The minimum absolute atomic E-state index is 0.0959. The average Bonchev–Trinajstić information content (AvgIpc) is 3.91. The predicted octanol–water partition coefficient (Wildman–Crippen LogP) is 13.3. The maximum Gasteiger partial charge on any atom is 0.407 e. The molecule has 8 rings (SSSR count). The van der Waals surface area contributed by atoms with Gasteiger partial charge >= 0.3 is 18.2 Å². The van der Waals surface area contributed by atoms with Gasteiger partial charge in [0.25, 0.3) is 0 Å². The van der Waals surface area contributed by atoms with E-state index in [1.165, 1.54) is 0 Å². The highest BCUT2D eigenvalue weighted by Crippen LogP contribution is 2.46. The smallest absolute Gasteiger partial charge is 0.407 e. The third kappa shape index (κ3) is 14.8. The Morgan fingerprint density at radius 2 is 0.973 bits per heavy atom. The van der Waals surface area contributed by atoms with Crippen LogP contribution < -0.4 is 10.6 Å². The minimum atomic E-state index is -0.646. The van der Waals surface area contributed by atoms with Crippen molar-refractivity contribution in [3.8, 4) is 22.3 Å². The van der Waals surface area contributed by atoms with Crippen LogP contribution in [0.15, 0.2) is 170 Å². The molecule has 0 spiro atoms. The van der Waals surface area contributed by atoms with E-state index in [4.69, 9.17) is 23.7 Å². The third-order valence-corrected chi connectivity index (χ3v) is 14.0. The van der Waals surface area contributed by atoms with Gasteiger partial charge in [-0.1, -0.05) is 202 Å². The zero-order valence-corrected chi connectivity index (χ0v) is 42.1. The van der Waals surface area contributed by atoms with Gasteiger partial charge in [-0.15, -0.1) is 0 Å². The van der Waals surface area contributed by atoms with E-state index >= 15 is 0 Å². The summed E-state index contributed by atoms with van der Waals surface area (Å²) in [4.78, 5) is 40.1. The topological polar surface area (TPSA) is 121 Å². The summed E-state index contributed by atoms with van der Waals surface area (Å²) in [6.07, 6.45) is 7.77. The fraction of sp³-hybridized carbons (Fsp3) is 0.349. The fourth-order valence-electron chi connectivity index (χ4n) is 10.4. The van der Waals surface area contributed by atoms with Crippen molar-refractivity contribution >= 4 is 18.2 Å². The molecule has 380 valence electrons. The molecule has 2 aliphatic carbocycles. The van der Waals surface area contributed by atoms with Crippen LogP contribution in [0.4, 0.5) is 9.59 Å². The van der Waals surface area contributed by atoms with Crippen molar-refractivity contribution in [2.24, 2.45) is 0 Å². The molecule has 2 aliphatic rings. The minimum Gasteiger partial charge on any atom is -0.461 e. The molecule has 1 unspecified atom stereocenters. The lowest BCUT2D eigenvalue weighted by Gasteiger charge is -2.33. The first-order valence-corrected chi connectivity index (χ1v) is 26.2. The number of fused-ring (bicyclic) bond motifs is 6. The van der Waals surface area contributed by atoms with E-state index in [1.54, 1.807) is 6.08 Å². The van der Waals surface area contributed by atoms with E-state index in [9.17, 15) is 14.4 Å². The number of alkyl carbamates (subject to hydrolysis) is 2. The van der Waals surface area contributed by atoms with Crippen molar-refractivity contribution in [1.29, 1.82) is 0 Å². The highest BCUT2D eigenvalue weighted by molar-refractivity contribution is 5.80. The monoisotopic (exact) mass is 983 g/mol. The Labute approximate surface area is 431 Å². The maximum absolute atomic E-state index is 14.2. The lowest BCUT2D eigenvalue weighted by molar-refractivity contribution is -0.169. The largest absolute Gasteiger partial charge is 0.461 e. The van der Waals surface area contributed by atoms with Crippen LogP contribution in [0.5, 0.6) is 0 Å². The summed E-state index contributed by atoms with van der Waals surface area (Å²) < 4.78 is 30.7. The Morgan fingerprint density at radius 1 is 0.534 bits per heavy atom. The van der Waals surface area contributed by atoms with Crippen molar-refractivity contribution in [3.05, 3.63) is 204 Å². The molecule has 0 aliphatic heterocycles. The van der Waals surface area contributed by atoms with E-state index in [-0.39, 0.29) is 37.6 Å². The van der Waals surface area contributed by atoms with Crippen molar-refractivity contribution in [2.45, 2.75) is 114 Å². The molecule has 0 bridgehead atoms. The number of hydrogen-bond donors (Lipinski definition) is 2. The van der Waals surface area contributed by atoms with E-state index < -0.39 is 36.7 Å². The molecular weight excluding hydrogens is 913 g/mol. The van der Waals surface area contributed by atoms with Crippen molar-refractivity contribution in [3.63, 3.8) is 0 Å². The van der Waals surface area contributed by atoms with Gasteiger partial charge in [0.15, 0.2) is 6.29 Å². The van der Waals surface area contributed by atoms with E-state index in [0.717, 1.165) is 101 Å². The van der Waals surface area contributed by atoms with Crippen LogP contribution in [-0.2, 0) is 41.3 Å². The van der Waals surface area contributed by atoms with Gasteiger partial charge in [-0.25, -0.2) is 9.59 Å². The lowest BCUT2D eigenvalue weighted by Crippen LogP contribution is -2.51. The molecular formula is C63H70N2O8. The fourth-order valence-corrected chi connectivity index (χ4v) is 10.4. The van der Waals surface area contributed by atoms with Crippen molar-refractivity contribution in [1.82, 2.24) is 10.6 Å². The number of hydrogen-bond acceptors (Lipinski definition) is 8. The Kier molecular flexibility index (Phi) is 19.5. The molecule has 0 heterocycles. The first kappa shape index (κ1) is 52.3. The number of carbonyl (C=O) groups is 3. The number of carbonyl (C=O) groups excluding carboxylic acids is 3. The zero-order valence-electron chi connectivity index (χ0n) is 42.1. The Hall–Kier alpha value is -7.01. The normalized spacial score (nSPS) is 14.1. The molecule has 0 radical (unpaired) electrons. The molecule has 0 fully saturated rings. The number of ether oxygens (including phenoxy) is 5. The van der Waals surface area contributed by atoms with Crippen molar-refractivity contribution < 1.29 is 38.1 Å². The molecule has 0 saturated heterocycles. The number of rotatable bonds is 28. The van der Waals surface area contributed by atoms with Gasteiger partial charge in [0.1, 0.15) is 19.8 Å². The molecule has 0 aromatic heterocycles. The van der Waals surface area contributed by atoms with Crippen LogP contribution in [0.1, 0.15) is 110 Å². The molecule has 6 aromatic carbocycles. The van der Waals surface area contributed by atoms with Gasteiger partial charge in [-0.05, 0) is 94.7 Å². The molecule has 2 amide bonds. The first-order valence-electron chi connectivity index (χ1n) is 26.2. The summed E-state index contributed by atoms with van der Waals surface area (Å²) in [5.41, 5.74) is 11.2. The Balaban J connectivity index is 0.968. The number of amides is 2. The molecule has 73 heavy (non-hydrogen) atoms. The standard InChI is InChI=1S/C63H70N2O8/c1-3-38-70-61(66)37-15-7-5-4-6-8-24-39-69-45(2)73-60(59(41-47-27-13-10-14-28-47)65-63(68)72-44-58-55-35-22-18-31-51(55)52-32-19-23-36-56(52)58)42-48(40-46-25-11-9-12-26-46)64-62(67)71-43-57-53-33-20-16-29-49(53)50-30-17-21-34-54(50)57/h3,9-14,16-23,25-36,45,48,57-60H,1,4-8,15,24,37-44H2,2H3,(H,64,67)(H,65,68)/t45?,48-,59-,60-/m0/s1. The van der Waals surface area contributed by atoms with Crippen LogP contribution in [0.25, 0.3) is 22.3 Å². The predicted molar refractivity (Wildman–Crippen MR) is 287 cm³/mol. The second-order valence-electron chi connectivity index (χ2n) is 19.2.